The van der Waals surface area contributed by atoms with E-state index in [0.717, 1.165) is 5.56 Å². The summed E-state index contributed by atoms with van der Waals surface area (Å²) in [7, 11) is 0. The Morgan fingerprint density at radius 2 is 1.68 bits per heavy atom. The van der Waals surface area contributed by atoms with Crippen LogP contribution in [0.15, 0.2) is 83.0 Å². The van der Waals surface area contributed by atoms with E-state index in [4.69, 9.17) is 4.52 Å². The van der Waals surface area contributed by atoms with Crippen LogP contribution in [0.25, 0.3) is 17.0 Å². The molecule has 3 aromatic carbocycles. The molecule has 5 rings (SSSR count). The summed E-state index contributed by atoms with van der Waals surface area (Å²) in [6, 6.07) is 18.3. The van der Waals surface area contributed by atoms with E-state index < -0.39 is 11.9 Å². The third kappa shape index (κ3) is 3.94. The van der Waals surface area contributed by atoms with E-state index in [9.17, 15) is 13.6 Å². The molecule has 1 aromatic heterocycles. The van der Waals surface area contributed by atoms with Crippen LogP contribution in [-0.2, 0) is 0 Å². The van der Waals surface area contributed by atoms with Gasteiger partial charge in [-0.15, -0.1) is 0 Å². The monoisotopic (exact) mass is 458 g/mol. The normalized spacial score (nSPS) is 16.1. The van der Waals surface area contributed by atoms with E-state index >= 15 is 0 Å². The topological polar surface area (TPSA) is 71.3 Å². The lowest BCUT2D eigenvalue weighted by Crippen LogP contribution is -2.46. The molecule has 1 N–H and O–H groups in total. The van der Waals surface area contributed by atoms with Gasteiger partial charge in [0.15, 0.2) is 0 Å². The Bertz CT molecular complexity index is 1400. The SMILES string of the molecule is CC1=C(c2nc(-c3cccc(F)c3)no2)C(c2ccc(F)cc2)NC(=O)N1c1ccc(C)cc1. The number of anilines is 1. The van der Waals surface area contributed by atoms with Crippen molar-refractivity contribution in [1.82, 2.24) is 15.5 Å². The minimum absolute atomic E-state index is 0.170. The summed E-state index contributed by atoms with van der Waals surface area (Å²) < 4.78 is 32.9. The number of aromatic nitrogens is 2. The smallest absolute Gasteiger partial charge is 0.326 e. The van der Waals surface area contributed by atoms with Gasteiger partial charge in [0.2, 0.25) is 5.82 Å². The van der Waals surface area contributed by atoms with Crippen molar-refractivity contribution in [1.29, 1.82) is 0 Å². The molecular formula is C26H20F2N4O2. The molecule has 0 saturated heterocycles. The molecule has 0 radical (unpaired) electrons. The molecular weight excluding hydrogens is 438 g/mol. The van der Waals surface area contributed by atoms with E-state index in [1.165, 1.54) is 29.2 Å². The van der Waals surface area contributed by atoms with Crippen LogP contribution >= 0.6 is 0 Å². The first-order valence-electron chi connectivity index (χ1n) is 10.6. The Balaban J connectivity index is 1.65. The number of hydrogen-bond donors (Lipinski definition) is 1. The van der Waals surface area contributed by atoms with Crippen molar-refractivity contribution in [2.45, 2.75) is 19.9 Å². The highest BCUT2D eigenvalue weighted by atomic mass is 19.1. The number of allylic oxidation sites excluding steroid dienone is 1. The number of nitrogens with zero attached hydrogens (tertiary/aromatic N) is 3. The van der Waals surface area contributed by atoms with Crippen molar-refractivity contribution in [2.75, 3.05) is 4.90 Å². The highest BCUT2D eigenvalue weighted by molar-refractivity contribution is 6.01. The molecule has 0 fully saturated rings. The highest BCUT2D eigenvalue weighted by Gasteiger charge is 2.36. The van der Waals surface area contributed by atoms with E-state index in [1.807, 2.05) is 31.2 Å². The zero-order valence-corrected chi connectivity index (χ0v) is 18.4. The quantitative estimate of drug-likeness (QED) is 0.406. The number of nitrogens with one attached hydrogen (secondary N) is 1. The second-order valence-corrected chi connectivity index (χ2v) is 8.04. The van der Waals surface area contributed by atoms with Crippen LogP contribution in [-0.4, -0.2) is 16.2 Å². The molecule has 6 nitrogen and oxygen atoms in total. The predicted octanol–water partition coefficient (Wildman–Crippen LogP) is 6.03. The zero-order chi connectivity index (χ0) is 23.8. The lowest BCUT2D eigenvalue weighted by atomic mass is 9.94. The van der Waals surface area contributed by atoms with Gasteiger partial charge >= 0.3 is 6.03 Å². The van der Waals surface area contributed by atoms with Crippen LogP contribution < -0.4 is 10.2 Å². The number of benzene rings is 3. The molecule has 2 heterocycles. The van der Waals surface area contributed by atoms with Crippen LogP contribution in [0.3, 0.4) is 0 Å². The van der Waals surface area contributed by atoms with Crippen LogP contribution in [0, 0.1) is 18.6 Å². The number of halogens is 2. The number of urea groups is 1. The molecule has 1 aliphatic heterocycles. The molecule has 0 saturated carbocycles. The summed E-state index contributed by atoms with van der Waals surface area (Å²) in [6.45, 7) is 3.75. The lowest BCUT2D eigenvalue weighted by molar-refractivity contribution is 0.244. The fourth-order valence-corrected chi connectivity index (χ4v) is 4.01. The summed E-state index contributed by atoms with van der Waals surface area (Å²) >= 11 is 0. The minimum Gasteiger partial charge on any atom is -0.334 e. The fourth-order valence-electron chi connectivity index (χ4n) is 4.01. The van der Waals surface area contributed by atoms with E-state index in [-0.39, 0.29) is 23.6 Å². The Hall–Kier alpha value is -4.33. The summed E-state index contributed by atoms with van der Waals surface area (Å²) in [5.41, 5.74) is 3.97. The Labute approximate surface area is 194 Å². The van der Waals surface area contributed by atoms with Gasteiger partial charge in [-0.25, -0.2) is 13.6 Å². The third-order valence-electron chi connectivity index (χ3n) is 5.72. The lowest BCUT2D eigenvalue weighted by Gasteiger charge is -2.35. The molecule has 1 aliphatic rings. The van der Waals surface area contributed by atoms with Gasteiger partial charge in [0, 0.05) is 11.3 Å². The van der Waals surface area contributed by atoms with Gasteiger partial charge in [-0.1, -0.05) is 47.1 Å². The standard InChI is InChI=1S/C26H20F2N4O2/c1-15-6-12-21(13-7-15)32-16(2)22(23(29-26(32)33)17-8-10-19(27)11-9-17)25-30-24(31-34-25)18-4-3-5-20(28)14-18/h3-14,23H,1-2H3,(H,29,33). The highest BCUT2D eigenvalue weighted by Crippen LogP contribution is 2.39. The molecule has 2 amide bonds. The maximum atomic E-state index is 13.7. The first-order valence-corrected chi connectivity index (χ1v) is 10.6. The summed E-state index contributed by atoms with van der Waals surface area (Å²) in [4.78, 5) is 19.2. The van der Waals surface area contributed by atoms with Gasteiger partial charge in [-0.2, -0.15) is 4.98 Å². The third-order valence-corrected chi connectivity index (χ3v) is 5.72. The number of carbonyl (C=O) groups excluding carboxylic acids is 1. The molecule has 1 atom stereocenters. The molecule has 0 bridgehead atoms. The van der Waals surface area contributed by atoms with Crippen molar-refractivity contribution < 1.29 is 18.1 Å². The largest absolute Gasteiger partial charge is 0.334 e. The van der Waals surface area contributed by atoms with Gasteiger partial charge < -0.3 is 9.84 Å². The molecule has 0 aliphatic carbocycles. The van der Waals surface area contributed by atoms with Crippen LogP contribution in [0.2, 0.25) is 0 Å². The number of rotatable bonds is 4. The average Bonchev–Trinajstić information content (AvgIpc) is 3.30. The molecule has 170 valence electrons. The maximum Gasteiger partial charge on any atom is 0.326 e. The minimum atomic E-state index is -0.657. The maximum absolute atomic E-state index is 13.7. The second kappa shape index (κ2) is 8.55. The van der Waals surface area contributed by atoms with E-state index in [2.05, 4.69) is 15.5 Å². The number of hydrogen-bond acceptors (Lipinski definition) is 4. The van der Waals surface area contributed by atoms with Gasteiger partial charge in [0.25, 0.3) is 5.89 Å². The van der Waals surface area contributed by atoms with Crippen molar-refractivity contribution in [3.8, 4) is 11.4 Å². The Morgan fingerprint density at radius 3 is 2.38 bits per heavy atom. The Kier molecular flexibility index (Phi) is 5.41. The van der Waals surface area contributed by atoms with Crippen LogP contribution in [0.5, 0.6) is 0 Å². The van der Waals surface area contributed by atoms with Crippen molar-refractivity contribution >= 4 is 17.3 Å². The van der Waals surface area contributed by atoms with Crippen LogP contribution in [0.4, 0.5) is 19.3 Å². The molecule has 1 unspecified atom stereocenters. The van der Waals surface area contributed by atoms with Crippen molar-refractivity contribution in [3.63, 3.8) is 0 Å². The van der Waals surface area contributed by atoms with Gasteiger partial charge in [-0.05, 0) is 55.8 Å². The van der Waals surface area contributed by atoms with Gasteiger partial charge in [0.1, 0.15) is 11.6 Å². The second-order valence-electron chi connectivity index (χ2n) is 8.04. The molecule has 8 heteroatoms. The molecule has 0 spiro atoms. The van der Waals surface area contributed by atoms with Gasteiger partial charge in [-0.3, -0.25) is 4.90 Å². The van der Waals surface area contributed by atoms with Gasteiger partial charge in [0.05, 0.1) is 17.3 Å². The summed E-state index contributed by atoms with van der Waals surface area (Å²) in [5, 5.41) is 7.00. The first kappa shape index (κ1) is 21.5. The van der Waals surface area contributed by atoms with E-state index in [1.54, 1.807) is 31.2 Å². The summed E-state index contributed by atoms with van der Waals surface area (Å²) in [5.74, 6) is -0.422. The molecule has 4 aromatic rings. The predicted molar refractivity (Wildman–Crippen MR) is 124 cm³/mol. The zero-order valence-electron chi connectivity index (χ0n) is 18.4. The van der Waals surface area contributed by atoms with Crippen LogP contribution in [0.1, 0.15) is 30.0 Å². The Morgan fingerprint density at radius 1 is 0.941 bits per heavy atom. The van der Waals surface area contributed by atoms with Crippen molar-refractivity contribution in [3.05, 3.63) is 107 Å². The number of amides is 2. The van der Waals surface area contributed by atoms with Crippen molar-refractivity contribution in [2.24, 2.45) is 0 Å². The molecule has 34 heavy (non-hydrogen) atoms. The fraction of sp³-hybridized carbons (Fsp3) is 0.115. The first-order chi connectivity index (χ1) is 16.4. The number of carbonyl (C=O) groups is 1. The average molecular weight is 458 g/mol. The van der Waals surface area contributed by atoms with E-state index in [0.29, 0.717) is 28.1 Å². The number of aryl methyl sites for hydroxylation is 1. The summed E-state index contributed by atoms with van der Waals surface area (Å²) in [6.07, 6.45) is 0.